The van der Waals surface area contributed by atoms with E-state index in [1.54, 1.807) is 24.4 Å². The van der Waals surface area contributed by atoms with E-state index in [4.69, 9.17) is 11.6 Å². The Balaban J connectivity index is 1.55. The first-order chi connectivity index (χ1) is 13.6. The molecule has 4 rings (SSSR count). The molecule has 0 fully saturated rings. The number of fused-ring (bicyclic) bond motifs is 1. The summed E-state index contributed by atoms with van der Waals surface area (Å²) in [5.74, 6) is 0.343. The zero-order valence-corrected chi connectivity index (χ0v) is 15.9. The van der Waals surface area contributed by atoms with Crippen LogP contribution in [0.15, 0.2) is 55.1 Å². The molecule has 1 N–H and O–H groups in total. The highest BCUT2D eigenvalue weighted by Gasteiger charge is 2.16. The minimum atomic E-state index is -0.236. The van der Waals surface area contributed by atoms with Crippen molar-refractivity contribution in [1.82, 2.24) is 34.7 Å². The molecule has 3 aromatic heterocycles. The van der Waals surface area contributed by atoms with Crippen molar-refractivity contribution >= 4 is 23.3 Å². The Morgan fingerprint density at radius 1 is 1.25 bits per heavy atom. The fourth-order valence-corrected chi connectivity index (χ4v) is 3.02. The van der Waals surface area contributed by atoms with E-state index in [9.17, 15) is 4.79 Å². The molecule has 1 unspecified atom stereocenters. The average molecular weight is 396 g/mol. The van der Waals surface area contributed by atoms with E-state index in [0.29, 0.717) is 28.7 Å². The van der Waals surface area contributed by atoms with Crippen LogP contribution in [0.5, 0.6) is 0 Å². The van der Waals surface area contributed by atoms with Gasteiger partial charge in [-0.25, -0.2) is 4.98 Å². The van der Waals surface area contributed by atoms with Crippen molar-refractivity contribution in [2.75, 3.05) is 6.54 Å². The molecule has 0 aliphatic carbocycles. The van der Waals surface area contributed by atoms with Crippen LogP contribution in [0.3, 0.4) is 0 Å². The van der Waals surface area contributed by atoms with E-state index in [0.717, 1.165) is 12.1 Å². The number of halogens is 1. The normalized spacial score (nSPS) is 12.2. The molecule has 28 heavy (non-hydrogen) atoms. The maximum atomic E-state index is 12.8. The molecule has 0 aliphatic rings. The molecule has 1 atom stereocenters. The van der Waals surface area contributed by atoms with Gasteiger partial charge in [-0.15, -0.1) is 0 Å². The van der Waals surface area contributed by atoms with E-state index in [-0.39, 0.29) is 11.8 Å². The molecular formula is C19H18ClN7O. The number of carbonyl (C=O) groups excluding carboxylic acids is 1. The quantitative estimate of drug-likeness (QED) is 0.542. The Kier molecular flexibility index (Phi) is 5.03. The average Bonchev–Trinajstić information content (AvgIpc) is 3.37. The van der Waals surface area contributed by atoms with Crippen LogP contribution in [0.25, 0.3) is 17.0 Å². The Hall–Kier alpha value is -3.26. The summed E-state index contributed by atoms with van der Waals surface area (Å²) in [6.07, 6.45) is 5.02. The fourth-order valence-electron chi connectivity index (χ4n) is 2.89. The SMILES string of the molecule is CC(CNC(=O)c1cc(-c2ccc(Cl)cc2)nc2ncnn12)Cn1cccn1. The third-order valence-electron chi connectivity index (χ3n) is 4.29. The summed E-state index contributed by atoms with van der Waals surface area (Å²) in [4.78, 5) is 21.4. The summed E-state index contributed by atoms with van der Waals surface area (Å²) in [6, 6.07) is 10.9. The summed E-state index contributed by atoms with van der Waals surface area (Å²) in [5.41, 5.74) is 1.85. The third-order valence-corrected chi connectivity index (χ3v) is 4.55. The zero-order valence-electron chi connectivity index (χ0n) is 15.2. The Morgan fingerprint density at radius 2 is 2.07 bits per heavy atom. The predicted molar refractivity (Wildman–Crippen MR) is 105 cm³/mol. The van der Waals surface area contributed by atoms with Crippen molar-refractivity contribution in [1.29, 1.82) is 0 Å². The van der Waals surface area contributed by atoms with Gasteiger partial charge in [-0.05, 0) is 30.2 Å². The lowest BCUT2D eigenvalue weighted by atomic mass is 10.1. The van der Waals surface area contributed by atoms with Crippen molar-refractivity contribution in [3.63, 3.8) is 0 Å². The highest BCUT2D eigenvalue weighted by molar-refractivity contribution is 6.30. The summed E-state index contributed by atoms with van der Waals surface area (Å²) in [5, 5.41) is 11.9. The standard InChI is InChI=1S/C19H18ClN7O/c1-13(11-26-8-2-7-23-26)10-21-18(28)17-9-16(14-3-5-15(20)6-4-14)25-19-22-12-24-27(17)19/h2-9,12-13H,10-11H2,1H3,(H,21,28). The van der Waals surface area contributed by atoms with E-state index < -0.39 is 0 Å². The van der Waals surface area contributed by atoms with Gasteiger partial charge in [0.05, 0.1) is 5.69 Å². The molecule has 0 saturated heterocycles. The molecular weight excluding hydrogens is 378 g/mol. The number of amides is 1. The Bertz CT molecular complexity index is 1090. The molecule has 142 valence electrons. The van der Waals surface area contributed by atoms with Crippen LogP contribution in [-0.4, -0.2) is 41.8 Å². The highest BCUT2D eigenvalue weighted by atomic mass is 35.5. The third kappa shape index (κ3) is 3.86. The first-order valence-electron chi connectivity index (χ1n) is 8.82. The Morgan fingerprint density at radius 3 is 2.82 bits per heavy atom. The maximum absolute atomic E-state index is 12.8. The van der Waals surface area contributed by atoms with E-state index in [1.165, 1.54) is 10.8 Å². The molecule has 4 aromatic rings. The van der Waals surface area contributed by atoms with Crippen molar-refractivity contribution in [3.8, 4) is 11.3 Å². The number of rotatable bonds is 6. The smallest absolute Gasteiger partial charge is 0.270 e. The molecule has 8 nitrogen and oxygen atoms in total. The van der Waals surface area contributed by atoms with Gasteiger partial charge in [0.15, 0.2) is 0 Å². The van der Waals surface area contributed by atoms with Crippen LogP contribution < -0.4 is 5.32 Å². The van der Waals surface area contributed by atoms with Crippen molar-refractivity contribution < 1.29 is 4.79 Å². The van der Waals surface area contributed by atoms with Gasteiger partial charge in [-0.3, -0.25) is 9.48 Å². The second-order valence-electron chi connectivity index (χ2n) is 6.55. The molecule has 1 aromatic carbocycles. The molecule has 9 heteroatoms. The van der Waals surface area contributed by atoms with Crippen LogP contribution in [0.2, 0.25) is 5.02 Å². The summed E-state index contributed by atoms with van der Waals surface area (Å²) < 4.78 is 3.28. The summed E-state index contributed by atoms with van der Waals surface area (Å²) >= 11 is 5.96. The van der Waals surface area contributed by atoms with Crippen molar-refractivity contribution in [3.05, 3.63) is 65.8 Å². The van der Waals surface area contributed by atoms with Crippen LogP contribution in [0, 0.1) is 5.92 Å². The van der Waals surface area contributed by atoms with Gasteiger partial charge in [-0.1, -0.05) is 30.7 Å². The Labute approximate surface area is 166 Å². The van der Waals surface area contributed by atoms with Crippen molar-refractivity contribution in [2.45, 2.75) is 13.5 Å². The van der Waals surface area contributed by atoms with E-state index in [1.807, 2.05) is 29.1 Å². The fraction of sp³-hybridized carbons (Fsp3) is 0.211. The van der Waals surface area contributed by atoms with Crippen LogP contribution in [0.4, 0.5) is 0 Å². The molecule has 0 spiro atoms. The molecule has 0 bridgehead atoms. The largest absolute Gasteiger partial charge is 0.350 e. The van der Waals surface area contributed by atoms with Gasteiger partial charge < -0.3 is 5.32 Å². The van der Waals surface area contributed by atoms with Crippen molar-refractivity contribution in [2.24, 2.45) is 5.92 Å². The molecule has 1 amide bonds. The van der Waals surface area contributed by atoms with Crippen LogP contribution >= 0.6 is 11.6 Å². The number of carbonyl (C=O) groups is 1. The minimum Gasteiger partial charge on any atom is -0.350 e. The maximum Gasteiger partial charge on any atom is 0.270 e. The number of aromatic nitrogens is 6. The van der Waals surface area contributed by atoms with E-state index >= 15 is 0 Å². The zero-order chi connectivity index (χ0) is 19.5. The highest BCUT2D eigenvalue weighted by Crippen LogP contribution is 2.21. The molecule has 0 aliphatic heterocycles. The van der Waals surface area contributed by atoms with Gasteiger partial charge in [0.2, 0.25) is 0 Å². The number of nitrogens with one attached hydrogen (secondary N) is 1. The van der Waals surface area contributed by atoms with E-state index in [2.05, 4.69) is 32.4 Å². The number of hydrogen-bond donors (Lipinski definition) is 1. The summed E-state index contributed by atoms with van der Waals surface area (Å²) in [7, 11) is 0. The van der Waals surface area contributed by atoms with Gasteiger partial charge in [-0.2, -0.15) is 19.7 Å². The van der Waals surface area contributed by atoms with Gasteiger partial charge >= 0.3 is 0 Å². The van der Waals surface area contributed by atoms with Gasteiger partial charge in [0.25, 0.3) is 11.7 Å². The first-order valence-corrected chi connectivity index (χ1v) is 9.20. The lowest BCUT2D eigenvalue weighted by molar-refractivity contribution is 0.0939. The molecule has 3 heterocycles. The number of hydrogen-bond acceptors (Lipinski definition) is 5. The van der Waals surface area contributed by atoms with Crippen LogP contribution in [0.1, 0.15) is 17.4 Å². The molecule has 0 saturated carbocycles. The van der Waals surface area contributed by atoms with Gasteiger partial charge in [0, 0.05) is 36.1 Å². The molecule has 0 radical (unpaired) electrons. The monoisotopic (exact) mass is 395 g/mol. The van der Waals surface area contributed by atoms with Gasteiger partial charge in [0.1, 0.15) is 12.0 Å². The number of nitrogens with zero attached hydrogens (tertiary/aromatic N) is 6. The predicted octanol–water partition coefficient (Wildman–Crippen LogP) is 2.71. The second-order valence-corrected chi connectivity index (χ2v) is 6.99. The number of benzene rings is 1. The van der Waals surface area contributed by atoms with Crippen LogP contribution in [-0.2, 0) is 6.54 Å². The first kappa shape index (κ1) is 18.1. The second kappa shape index (κ2) is 7.77. The topological polar surface area (TPSA) is 90.0 Å². The lowest BCUT2D eigenvalue weighted by Crippen LogP contribution is -2.31. The minimum absolute atomic E-state index is 0.215. The lowest BCUT2D eigenvalue weighted by Gasteiger charge is -2.13. The summed E-state index contributed by atoms with van der Waals surface area (Å²) in [6.45, 7) is 3.28.